The van der Waals surface area contributed by atoms with E-state index in [9.17, 15) is 18.0 Å². The summed E-state index contributed by atoms with van der Waals surface area (Å²) in [7, 11) is 1.00. The van der Waals surface area contributed by atoms with Gasteiger partial charge in [0.1, 0.15) is 0 Å². The van der Waals surface area contributed by atoms with E-state index >= 15 is 0 Å². The topological polar surface area (TPSA) is 57.5 Å². The number of rotatable bonds is 2. The second-order valence-corrected chi connectivity index (χ2v) is 2.72. The lowest BCUT2D eigenvalue weighted by molar-refractivity contribution is -0.176. The second kappa shape index (κ2) is 6.12. The van der Waals surface area contributed by atoms with Crippen LogP contribution >= 0.6 is 0 Å². The van der Waals surface area contributed by atoms with Crippen LogP contribution in [0.2, 0.25) is 0 Å². The van der Waals surface area contributed by atoms with E-state index in [2.05, 4.69) is 0 Å². The van der Waals surface area contributed by atoms with Crippen LogP contribution in [0.5, 0.6) is 0 Å². The first-order valence-corrected chi connectivity index (χ1v) is 4.22. The highest BCUT2D eigenvalue weighted by Gasteiger charge is 2.46. The second-order valence-electron chi connectivity index (χ2n) is 2.72. The number of alkyl halides is 3. The number of aliphatic hydroxyl groups is 1. The highest BCUT2D eigenvalue weighted by atomic mass is 19.4. The maximum absolute atomic E-state index is 12.3. The average Bonchev–Trinajstić information content (AvgIpc) is 2.19. The van der Waals surface area contributed by atoms with Gasteiger partial charge in [0.25, 0.3) is 0 Å². The number of aliphatic hydroxyl groups excluding tert-OH is 1. The van der Waals surface area contributed by atoms with Crippen molar-refractivity contribution in [2.75, 3.05) is 7.11 Å². The molecule has 0 amide bonds. The highest BCUT2D eigenvalue weighted by molar-refractivity contribution is 5.77. The summed E-state index contributed by atoms with van der Waals surface area (Å²) in [6.45, 7) is 0. The third-order valence-corrected chi connectivity index (χ3v) is 1.71. The van der Waals surface area contributed by atoms with Gasteiger partial charge in [-0.2, -0.15) is 13.2 Å². The van der Waals surface area contributed by atoms with E-state index < -0.39 is 18.1 Å². The van der Waals surface area contributed by atoms with Crippen molar-refractivity contribution in [3.63, 3.8) is 0 Å². The lowest BCUT2D eigenvalue weighted by Gasteiger charge is -2.15. The largest absolute Gasteiger partial charge is 0.481 e. The molecule has 1 unspecified atom stereocenters. The van der Waals surface area contributed by atoms with E-state index in [1.54, 1.807) is 0 Å². The van der Waals surface area contributed by atoms with Crippen molar-refractivity contribution in [3.05, 3.63) is 35.9 Å². The van der Waals surface area contributed by atoms with Crippen LogP contribution in [0.3, 0.4) is 0 Å². The molecule has 0 spiro atoms. The summed E-state index contributed by atoms with van der Waals surface area (Å²) in [4.78, 5) is 10.4. The molecule has 0 aliphatic heterocycles. The summed E-state index contributed by atoms with van der Waals surface area (Å²) in [5, 5.41) is 15.4. The van der Waals surface area contributed by atoms with E-state index in [0.29, 0.717) is 0 Å². The first-order valence-electron chi connectivity index (χ1n) is 4.22. The zero-order chi connectivity index (χ0) is 12.8. The Hall–Kier alpha value is -1.56. The molecule has 6 heteroatoms. The van der Waals surface area contributed by atoms with Crippen LogP contribution in [-0.2, 0) is 4.79 Å². The summed E-state index contributed by atoms with van der Waals surface area (Å²) in [5.41, 5.74) is -0.257. The molecule has 2 N–H and O–H groups in total. The van der Waals surface area contributed by atoms with E-state index in [1.165, 1.54) is 18.2 Å². The fourth-order valence-electron chi connectivity index (χ4n) is 1.12. The average molecular weight is 236 g/mol. The van der Waals surface area contributed by atoms with E-state index in [0.717, 1.165) is 19.2 Å². The molecule has 1 rings (SSSR count). The number of benzene rings is 1. The molecule has 1 aromatic carbocycles. The fourth-order valence-corrected chi connectivity index (χ4v) is 1.12. The molecular weight excluding hydrogens is 225 g/mol. The van der Waals surface area contributed by atoms with Gasteiger partial charge in [0.15, 0.2) is 5.92 Å². The van der Waals surface area contributed by atoms with E-state index in [4.69, 9.17) is 10.2 Å². The molecule has 0 aromatic heterocycles. The molecular formula is C10H11F3O3. The van der Waals surface area contributed by atoms with Crippen molar-refractivity contribution in [2.45, 2.75) is 12.1 Å². The van der Waals surface area contributed by atoms with Gasteiger partial charge in [-0.1, -0.05) is 30.3 Å². The number of carboxylic acid groups (broad SMARTS) is 1. The maximum atomic E-state index is 12.3. The molecule has 0 fully saturated rings. The number of carboxylic acids is 1. The number of halogens is 3. The Bertz CT molecular complexity index is 322. The molecule has 16 heavy (non-hydrogen) atoms. The SMILES string of the molecule is CO.O=C(O)C(c1ccccc1)C(F)(F)F. The van der Waals surface area contributed by atoms with Crippen LogP contribution in [0.1, 0.15) is 11.5 Å². The first kappa shape index (κ1) is 14.4. The Balaban J connectivity index is 0.00000106. The van der Waals surface area contributed by atoms with Crippen LogP contribution in [-0.4, -0.2) is 29.5 Å². The zero-order valence-corrected chi connectivity index (χ0v) is 8.40. The quantitative estimate of drug-likeness (QED) is 0.825. The van der Waals surface area contributed by atoms with Crippen molar-refractivity contribution in [2.24, 2.45) is 0 Å². The molecule has 1 atom stereocenters. The van der Waals surface area contributed by atoms with Crippen LogP contribution in [0.25, 0.3) is 0 Å². The number of carbonyl (C=O) groups is 1. The summed E-state index contributed by atoms with van der Waals surface area (Å²) in [6, 6.07) is 6.56. The van der Waals surface area contributed by atoms with Gasteiger partial charge in [-0.25, -0.2) is 0 Å². The predicted molar refractivity (Wildman–Crippen MR) is 51.0 cm³/mol. The van der Waals surface area contributed by atoms with Gasteiger partial charge in [-0.3, -0.25) is 4.79 Å². The molecule has 0 saturated heterocycles. The third-order valence-electron chi connectivity index (χ3n) is 1.71. The molecule has 3 nitrogen and oxygen atoms in total. The Morgan fingerprint density at radius 2 is 1.62 bits per heavy atom. The van der Waals surface area contributed by atoms with Gasteiger partial charge in [0, 0.05) is 7.11 Å². The monoisotopic (exact) mass is 236 g/mol. The summed E-state index contributed by atoms with van der Waals surface area (Å²) < 4.78 is 36.8. The van der Waals surface area contributed by atoms with Crippen molar-refractivity contribution < 1.29 is 28.2 Å². The minimum absolute atomic E-state index is 0.257. The Kier molecular flexibility index (Phi) is 5.52. The molecule has 0 aliphatic carbocycles. The first-order chi connectivity index (χ1) is 7.43. The third kappa shape index (κ3) is 3.90. The van der Waals surface area contributed by atoms with Gasteiger partial charge in [-0.15, -0.1) is 0 Å². The summed E-state index contributed by atoms with van der Waals surface area (Å²) in [5.74, 6) is -4.33. The van der Waals surface area contributed by atoms with E-state index in [1.807, 2.05) is 0 Å². The lowest BCUT2D eigenvalue weighted by atomic mass is 9.99. The minimum atomic E-state index is -4.76. The molecule has 0 saturated carbocycles. The van der Waals surface area contributed by atoms with E-state index in [-0.39, 0.29) is 5.56 Å². The van der Waals surface area contributed by atoms with Crippen LogP contribution < -0.4 is 0 Å². The standard InChI is InChI=1S/C9H7F3O2.CH4O/c10-9(11,12)7(8(13)14)6-4-2-1-3-5-6;1-2/h1-5,7H,(H,13,14);2H,1H3. The van der Waals surface area contributed by atoms with Crippen LogP contribution in [0.4, 0.5) is 13.2 Å². The zero-order valence-electron chi connectivity index (χ0n) is 8.40. The van der Waals surface area contributed by atoms with Gasteiger partial charge < -0.3 is 10.2 Å². The van der Waals surface area contributed by atoms with Crippen LogP contribution in [0.15, 0.2) is 30.3 Å². The number of aliphatic carboxylic acids is 1. The van der Waals surface area contributed by atoms with Crippen molar-refractivity contribution >= 4 is 5.97 Å². The summed E-state index contributed by atoms with van der Waals surface area (Å²) >= 11 is 0. The molecule has 0 bridgehead atoms. The lowest BCUT2D eigenvalue weighted by Crippen LogP contribution is -2.28. The number of hydrogen-bond acceptors (Lipinski definition) is 2. The van der Waals surface area contributed by atoms with Gasteiger partial charge in [-0.05, 0) is 5.56 Å². The predicted octanol–water partition coefficient (Wildman–Crippen LogP) is 2.03. The molecule has 0 heterocycles. The smallest absolute Gasteiger partial charge is 0.406 e. The minimum Gasteiger partial charge on any atom is -0.481 e. The van der Waals surface area contributed by atoms with Gasteiger partial charge >= 0.3 is 12.1 Å². The molecule has 1 aromatic rings. The molecule has 0 radical (unpaired) electrons. The van der Waals surface area contributed by atoms with Gasteiger partial charge in [0.2, 0.25) is 0 Å². The fraction of sp³-hybridized carbons (Fsp3) is 0.300. The van der Waals surface area contributed by atoms with Crippen molar-refractivity contribution in [1.29, 1.82) is 0 Å². The normalized spacial score (nSPS) is 12.3. The molecule has 0 aliphatic rings. The Labute approximate surface area is 90.1 Å². The van der Waals surface area contributed by atoms with Gasteiger partial charge in [0.05, 0.1) is 0 Å². The van der Waals surface area contributed by atoms with Crippen molar-refractivity contribution in [3.8, 4) is 0 Å². The maximum Gasteiger partial charge on any atom is 0.406 e. The van der Waals surface area contributed by atoms with Crippen molar-refractivity contribution in [1.82, 2.24) is 0 Å². The Morgan fingerprint density at radius 3 is 1.94 bits per heavy atom. The van der Waals surface area contributed by atoms with Crippen LogP contribution in [0, 0.1) is 0 Å². The molecule has 90 valence electrons. The summed E-state index contributed by atoms with van der Waals surface area (Å²) in [6.07, 6.45) is -4.76. The number of hydrogen-bond donors (Lipinski definition) is 2. The Morgan fingerprint density at radius 1 is 1.19 bits per heavy atom. The highest BCUT2D eigenvalue weighted by Crippen LogP contribution is 2.34.